The summed E-state index contributed by atoms with van der Waals surface area (Å²) < 4.78 is 5.25. The van der Waals surface area contributed by atoms with Gasteiger partial charge in [-0.2, -0.15) is 0 Å². The van der Waals surface area contributed by atoms with E-state index in [2.05, 4.69) is 14.9 Å². The number of anilines is 2. The monoisotopic (exact) mass is 210 g/mol. The molecule has 0 amide bonds. The summed E-state index contributed by atoms with van der Waals surface area (Å²) >= 11 is 0. The van der Waals surface area contributed by atoms with Gasteiger partial charge in [-0.3, -0.25) is 0 Å². The highest BCUT2D eigenvalue weighted by Crippen LogP contribution is 2.15. The van der Waals surface area contributed by atoms with Crippen LogP contribution in [0.3, 0.4) is 0 Å². The van der Waals surface area contributed by atoms with Crippen LogP contribution in [0.25, 0.3) is 0 Å². The largest absolute Gasteiger partial charge is 0.378 e. The van der Waals surface area contributed by atoms with Gasteiger partial charge in [0, 0.05) is 19.2 Å². The van der Waals surface area contributed by atoms with Gasteiger partial charge in [0.25, 0.3) is 0 Å². The van der Waals surface area contributed by atoms with Crippen LogP contribution in [0.2, 0.25) is 0 Å². The van der Waals surface area contributed by atoms with Crippen molar-refractivity contribution in [2.24, 2.45) is 11.7 Å². The fourth-order valence-corrected chi connectivity index (χ4v) is 1.44. The maximum Gasteiger partial charge on any atom is 0.163 e. The first-order chi connectivity index (χ1) is 7.27. The van der Waals surface area contributed by atoms with Gasteiger partial charge < -0.3 is 9.64 Å². The smallest absolute Gasteiger partial charge is 0.163 e. The Morgan fingerprint density at radius 3 is 2.67 bits per heavy atom. The Labute approximate surface area is 87.6 Å². The molecule has 1 saturated heterocycles. The zero-order valence-electron chi connectivity index (χ0n) is 8.33. The molecule has 4 N–H and O–H groups in total. The fourth-order valence-electron chi connectivity index (χ4n) is 1.44. The van der Waals surface area contributed by atoms with Crippen LogP contribution < -0.4 is 21.7 Å². The van der Waals surface area contributed by atoms with Gasteiger partial charge >= 0.3 is 0 Å². The van der Waals surface area contributed by atoms with E-state index in [1.165, 1.54) is 6.33 Å². The van der Waals surface area contributed by atoms with Crippen molar-refractivity contribution in [1.82, 2.24) is 9.97 Å². The molecule has 0 aliphatic carbocycles. The molecule has 0 unspecified atom stereocenters. The van der Waals surface area contributed by atoms with Crippen LogP contribution in [0.1, 0.15) is 0 Å². The highest BCUT2D eigenvalue weighted by Gasteiger charge is 2.13. The van der Waals surface area contributed by atoms with E-state index < -0.39 is 0 Å². The minimum atomic E-state index is 0.492. The third-order valence-electron chi connectivity index (χ3n) is 2.24. The first-order valence-electron chi connectivity index (χ1n) is 4.71. The van der Waals surface area contributed by atoms with E-state index in [1.807, 2.05) is 0 Å². The Morgan fingerprint density at radius 1 is 1.27 bits per heavy atom. The third kappa shape index (κ3) is 2.32. The lowest BCUT2D eigenvalue weighted by Crippen LogP contribution is -2.40. The molecule has 7 nitrogen and oxygen atoms in total. The molecule has 0 radical (unpaired) electrons. The summed E-state index contributed by atoms with van der Waals surface area (Å²) in [5, 5.41) is 0.978. The molecule has 15 heavy (non-hydrogen) atoms. The third-order valence-corrected chi connectivity index (χ3v) is 2.24. The van der Waals surface area contributed by atoms with Crippen molar-refractivity contribution < 1.29 is 4.74 Å². The van der Waals surface area contributed by atoms with E-state index in [-0.39, 0.29) is 0 Å². The lowest BCUT2D eigenvalue weighted by Gasteiger charge is -2.28. The molecule has 0 bridgehead atoms. The molecule has 2 heterocycles. The predicted molar refractivity (Wildman–Crippen MR) is 55.9 cm³/mol. The second-order valence-corrected chi connectivity index (χ2v) is 3.24. The van der Waals surface area contributed by atoms with Gasteiger partial charge in [0.05, 0.1) is 13.2 Å². The summed E-state index contributed by atoms with van der Waals surface area (Å²) in [5.41, 5.74) is 0. The Morgan fingerprint density at radius 2 is 2.00 bits per heavy atom. The molecule has 1 fully saturated rings. The van der Waals surface area contributed by atoms with Crippen LogP contribution in [0, 0.1) is 0 Å². The quantitative estimate of drug-likeness (QED) is 0.471. The van der Waals surface area contributed by atoms with Gasteiger partial charge in [-0.1, -0.05) is 0 Å². The van der Waals surface area contributed by atoms with E-state index in [4.69, 9.17) is 16.4 Å². The van der Waals surface area contributed by atoms with Crippen LogP contribution in [-0.4, -0.2) is 36.3 Å². The summed E-state index contributed by atoms with van der Waals surface area (Å²) in [6.45, 7) is 3.08. The van der Waals surface area contributed by atoms with Crippen molar-refractivity contribution >= 4 is 11.6 Å². The number of morpholine rings is 1. The second kappa shape index (κ2) is 4.39. The van der Waals surface area contributed by atoms with Crippen LogP contribution in [0.4, 0.5) is 11.6 Å². The highest BCUT2D eigenvalue weighted by atomic mass is 16.5. The summed E-state index contributed by atoms with van der Waals surface area (Å²) in [6.07, 6.45) is 1.45. The molecule has 82 valence electrons. The molecular weight excluding hydrogens is 196 g/mol. The Hall–Kier alpha value is -1.44. The molecular formula is C8H14N6O. The molecule has 7 heteroatoms. The molecule has 1 aromatic rings. The van der Waals surface area contributed by atoms with E-state index in [1.54, 1.807) is 6.07 Å². The first kappa shape index (κ1) is 10.1. The van der Waals surface area contributed by atoms with Crippen LogP contribution >= 0.6 is 0 Å². The van der Waals surface area contributed by atoms with Gasteiger partial charge in [-0.25, -0.2) is 26.8 Å². The molecule has 0 spiro atoms. The van der Waals surface area contributed by atoms with Crippen LogP contribution in [-0.2, 0) is 4.74 Å². The normalized spacial score (nSPS) is 16.5. The lowest BCUT2D eigenvalue weighted by atomic mass is 10.4. The highest BCUT2D eigenvalue weighted by molar-refractivity contribution is 5.48. The summed E-state index contributed by atoms with van der Waals surface area (Å²) in [5.74, 6) is 12.1. The van der Waals surface area contributed by atoms with Crippen molar-refractivity contribution in [3.8, 4) is 0 Å². The maximum atomic E-state index is 5.39. The Bertz CT molecular complexity index is 325. The summed E-state index contributed by atoms with van der Waals surface area (Å²) in [7, 11) is 0. The van der Waals surface area contributed by atoms with Gasteiger partial charge in [0.2, 0.25) is 0 Å². The Balaban J connectivity index is 2.16. The SMILES string of the molecule is NN(N)c1cc(N2CCOCC2)ncn1. The van der Waals surface area contributed by atoms with E-state index >= 15 is 0 Å². The molecule has 1 aliphatic heterocycles. The lowest BCUT2D eigenvalue weighted by molar-refractivity contribution is 0.122. The summed E-state index contributed by atoms with van der Waals surface area (Å²) in [6, 6.07) is 1.76. The number of ether oxygens (including phenoxy) is 1. The van der Waals surface area contributed by atoms with Gasteiger partial charge in [0.15, 0.2) is 5.82 Å². The maximum absolute atomic E-state index is 5.39. The molecule has 0 saturated carbocycles. The number of rotatable bonds is 2. The van der Waals surface area contributed by atoms with Crippen molar-refractivity contribution in [2.75, 3.05) is 36.3 Å². The number of hydrogen-bond acceptors (Lipinski definition) is 7. The Kier molecular flexibility index (Phi) is 2.95. The van der Waals surface area contributed by atoms with Crippen LogP contribution in [0.15, 0.2) is 12.4 Å². The minimum absolute atomic E-state index is 0.492. The number of aromatic nitrogens is 2. The molecule has 0 atom stereocenters. The van der Waals surface area contributed by atoms with E-state index in [0.29, 0.717) is 19.0 Å². The number of nitrogens with two attached hydrogens (primary N) is 2. The van der Waals surface area contributed by atoms with Crippen LogP contribution in [0.5, 0.6) is 0 Å². The summed E-state index contributed by atoms with van der Waals surface area (Å²) in [4.78, 5) is 10.2. The first-order valence-corrected chi connectivity index (χ1v) is 4.71. The number of hydrogen-bond donors (Lipinski definition) is 2. The van der Waals surface area contributed by atoms with Gasteiger partial charge in [-0.05, 0) is 0 Å². The average Bonchev–Trinajstić information content (AvgIpc) is 2.30. The molecule has 0 aromatic carbocycles. The number of nitrogens with zero attached hydrogens (tertiary/aromatic N) is 4. The van der Waals surface area contributed by atoms with Crippen molar-refractivity contribution in [1.29, 1.82) is 0 Å². The molecule has 1 aromatic heterocycles. The average molecular weight is 210 g/mol. The van der Waals surface area contributed by atoms with Crippen molar-refractivity contribution in [2.45, 2.75) is 0 Å². The standard InChI is InChI=1S/C8H14N6O/c9-14(10)8-5-7(11-6-12-8)13-1-3-15-4-2-13/h5-6H,1-4,9-10H2. The van der Waals surface area contributed by atoms with Crippen molar-refractivity contribution in [3.05, 3.63) is 12.4 Å². The second-order valence-electron chi connectivity index (χ2n) is 3.24. The molecule has 1 aliphatic rings. The topological polar surface area (TPSA) is 93.5 Å². The van der Waals surface area contributed by atoms with E-state index in [0.717, 1.165) is 24.0 Å². The van der Waals surface area contributed by atoms with E-state index in [9.17, 15) is 0 Å². The predicted octanol–water partition coefficient (Wildman–Crippen LogP) is -1.13. The zero-order valence-corrected chi connectivity index (χ0v) is 8.33. The fraction of sp³-hybridized carbons (Fsp3) is 0.500. The van der Waals surface area contributed by atoms with Gasteiger partial charge in [0.1, 0.15) is 12.1 Å². The minimum Gasteiger partial charge on any atom is -0.378 e. The number of hydrazine groups is 2. The molecule has 2 rings (SSSR count). The zero-order chi connectivity index (χ0) is 10.7. The van der Waals surface area contributed by atoms with Gasteiger partial charge in [-0.15, -0.1) is 0 Å². The van der Waals surface area contributed by atoms with Crippen molar-refractivity contribution in [3.63, 3.8) is 0 Å².